The third-order valence-corrected chi connectivity index (χ3v) is 2.70. The number of nitrogens with one attached hydrogen (secondary N) is 1. The van der Waals surface area contributed by atoms with Crippen LogP contribution in [0, 0.1) is 5.92 Å². The number of rotatable bonds is 8. The highest BCUT2D eigenvalue weighted by Crippen LogP contribution is 2.32. The maximum atomic E-state index is 5.44. The quantitative estimate of drug-likeness (QED) is 0.607. The van der Waals surface area contributed by atoms with E-state index in [1.165, 1.54) is 12.8 Å². The molecule has 0 aromatic rings. The zero-order valence-corrected chi connectivity index (χ0v) is 9.58. The molecule has 2 unspecified atom stereocenters. The van der Waals surface area contributed by atoms with Crippen molar-refractivity contribution in [3.8, 4) is 0 Å². The Morgan fingerprint density at radius 2 is 1.86 bits per heavy atom. The van der Waals surface area contributed by atoms with E-state index in [-0.39, 0.29) is 6.29 Å². The first kappa shape index (κ1) is 12.0. The largest absolute Gasteiger partial charge is 0.352 e. The lowest BCUT2D eigenvalue weighted by Crippen LogP contribution is -2.33. The van der Waals surface area contributed by atoms with Gasteiger partial charge in [0.1, 0.15) is 0 Å². The normalized spacial score (nSPS) is 25.7. The van der Waals surface area contributed by atoms with Gasteiger partial charge in [-0.2, -0.15) is 0 Å². The summed E-state index contributed by atoms with van der Waals surface area (Å²) in [6.45, 7) is 8.50. The molecule has 1 aliphatic carbocycles. The molecule has 1 saturated carbocycles. The molecule has 0 amide bonds. The van der Waals surface area contributed by atoms with Crippen LogP contribution in [0.5, 0.6) is 0 Å². The Hall–Kier alpha value is -0.120. The summed E-state index contributed by atoms with van der Waals surface area (Å²) in [4.78, 5) is 0. The minimum atomic E-state index is -0.0666. The Labute approximate surface area is 87.2 Å². The van der Waals surface area contributed by atoms with Gasteiger partial charge in [-0.1, -0.05) is 13.3 Å². The van der Waals surface area contributed by atoms with Crippen molar-refractivity contribution in [3.05, 3.63) is 0 Å². The van der Waals surface area contributed by atoms with Crippen molar-refractivity contribution in [1.82, 2.24) is 5.32 Å². The smallest absolute Gasteiger partial charge is 0.169 e. The van der Waals surface area contributed by atoms with Crippen molar-refractivity contribution < 1.29 is 9.47 Å². The maximum absolute atomic E-state index is 5.44. The van der Waals surface area contributed by atoms with Gasteiger partial charge in [0.15, 0.2) is 6.29 Å². The van der Waals surface area contributed by atoms with E-state index in [0.29, 0.717) is 19.3 Å². The SMILES string of the molecule is CCOC(CNC1CC1CC)OCC. The molecule has 0 aliphatic heterocycles. The molecule has 1 aliphatic rings. The van der Waals surface area contributed by atoms with Gasteiger partial charge >= 0.3 is 0 Å². The van der Waals surface area contributed by atoms with Gasteiger partial charge in [0.05, 0.1) is 0 Å². The molecule has 84 valence electrons. The first-order valence-electron chi connectivity index (χ1n) is 5.78. The Morgan fingerprint density at radius 3 is 2.29 bits per heavy atom. The predicted octanol–water partition coefficient (Wildman–Crippen LogP) is 1.77. The van der Waals surface area contributed by atoms with Gasteiger partial charge in [-0.05, 0) is 26.2 Å². The third kappa shape index (κ3) is 3.95. The third-order valence-electron chi connectivity index (χ3n) is 2.70. The van der Waals surface area contributed by atoms with Crippen LogP contribution < -0.4 is 5.32 Å². The van der Waals surface area contributed by atoms with Crippen molar-refractivity contribution in [3.63, 3.8) is 0 Å². The summed E-state index contributed by atoms with van der Waals surface area (Å²) in [6, 6.07) is 0.711. The van der Waals surface area contributed by atoms with Crippen molar-refractivity contribution in [2.45, 2.75) is 45.9 Å². The summed E-state index contributed by atoms with van der Waals surface area (Å²) in [5.41, 5.74) is 0. The van der Waals surface area contributed by atoms with Crippen LogP contribution in [-0.4, -0.2) is 32.1 Å². The fraction of sp³-hybridized carbons (Fsp3) is 1.00. The number of hydrogen-bond donors (Lipinski definition) is 1. The fourth-order valence-corrected chi connectivity index (χ4v) is 1.73. The van der Waals surface area contributed by atoms with Crippen LogP contribution in [0.4, 0.5) is 0 Å². The molecule has 0 saturated heterocycles. The van der Waals surface area contributed by atoms with E-state index in [4.69, 9.17) is 9.47 Å². The molecule has 0 bridgehead atoms. The summed E-state index contributed by atoms with van der Waals surface area (Å²) in [5.74, 6) is 0.888. The van der Waals surface area contributed by atoms with Gasteiger partial charge in [-0.3, -0.25) is 0 Å². The number of hydrogen-bond acceptors (Lipinski definition) is 3. The lowest BCUT2D eigenvalue weighted by Gasteiger charge is -2.17. The highest BCUT2D eigenvalue weighted by molar-refractivity contribution is 4.91. The molecule has 0 spiro atoms. The van der Waals surface area contributed by atoms with Gasteiger partial charge in [-0.25, -0.2) is 0 Å². The van der Waals surface area contributed by atoms with Gasteiger partial charge < -0.3 is 14.8 Å². The van der Waals surface area contributed by atoms with E-state index in [2.05, 4.69) is 12.2 Å². The Kier molecular flexibility index (Phi) is 5.45. The van der Waals surface area contributed by atoms with Crippen LogP contribution in [0.15, 0.2) is 0 Å². The second-order valence-corrected chi connectivity index (χ2v) is 3.76. The van der Waals surface area contributed by atoms with Crippen molar-refractivity contribution in [1.29, 1.82) is 0 Å². The molecular weight excluding hydrogens is 178 g/mol. The summed E-state index contributed by atoms with van der Waals surface area (Å²) >= 11 is 0. The zero-order chi connectivity index (χ0) is 10.4. The van der Waals surface area contributed by atoms with E-state index >= 15 is 0 Å². The molecule has 0 radical (unpaired) electrons. The number of ether oxygens (including phenoxy) is 2. The lowest BCUT2D eigenvalue weighted by atomic mass is 10.3. The second-order valence-electron chi connectivity index (χ2n) is 3.76. The van der Waals surface area contributed by atoms with E-state index in [9.17, 15) is 0 Å². The van der Waals surface area contributed by atoms with Crippen LogP contribution >= 0.6 is 0 Å². The van der Waals surface area contributed by atoms with Crippen LogP contribution in [0.25, 0.3) is 0 Å². The standard InChI is InChI=1S/C11H23NO2/c1-4-9-7-10(9)12-8-11(13-5-2)14-6-3/h9-12H,4-8H2,1-3H3. The minimum absolute atomic E-state index is 0.0666. The fourth-order valence-electron chi connectivity index (χ4n) is 1.73. The highest BCUT2D eigenvalue weighted by Gasteiger charge is 2.35. The lowest BCUT2D eigenvalue weighted by molar-refractivity contribution is -0.133. The predicted molar refractivity (Wildman–Crippen MR) is 57.2 cm³/mol. The van der Waals surface area contributed by atoms with E-state index in [1.807, 2.05) is 13.8 Å². The molecule has 2 atom stereocenters. The minimum Gasteiger partial charge on any atom is -0.352 e. The van der Waals surface area contributed by atoms with E-state index in [0.717, 1.165) is 12.5 Å². The molecule has 1 fully saturated rings. The van der Waals surface area contributed by atoms with Crippen LogP contribution in [0.1, 0.15) is 33.6 Å². The van der Waals surface area contributed by atoms with Gasteiger partial charge in [0.25, 0.3) is 0 Å². The zero-order valence-electron chi connectivity index (χ0n) is 9.58. The molecule has 0 aromatic heterocycles. The van der Waals surface area contributed by atoms with Gasteiger partial charge in [0.2, 0.25) is 0 Å². The average molecular weight is 201 g/mol. The Morgan fingerprint density at radius 1 is 1.21 bits per heavy atom. The van der Waals surface area contributed by atoms with Crippen LogP contribution in [0.3, 0.4) is 0 Å². The monoisotopic (exact) mass is 201 g/mol. The highest BCUT2D eigenvalue weighted by atomic mass is 16.7. The van der Waals surface area contributed by atoms with Crippen molar-refractivity contribution >= 4 is 0 Å². The Bertz CT molecular complexity index is 146. The van der Waals surface area contributed by atoms with Crippen LogP contribution in [0.2, 0.25) is 0 Å². The molecule has 1 rings (SSSR count). The first-order chi connectivity index (χ1) is 6.81. The van der Waals surface area contributed by atoms with Crippen molar-refractivity contribution in [2.24, 2.45) is 5.92 Å². The average Bonchev–Trinajstić information content (AvgIpc) is 2.93. The summed E-state index contributed by atoms with van der Waals surface area (Å²) in [6.07, 6.45) is 2.54. The second kappa shape index (κ2) is 6.38. The molecular formula is C11H23NO2. The summed E-state index contributed by atoms with van der Waals surface area (Å²) in [5, 5.41) is 3.48. The van der Waals surface area contributed by atoms with E-state index < -0.39 is 0 Å². The molecule has 3 heteroatoms. The van der Waals surface area contributed by atoms with Gasteiger partial charge in [-0.15, -0.1) is 0 Å². The maximum Gasteiger partial charge on any atom is 0.169 e. The van der Waals surface area contributed by atoms with E-state index in [1.54, 1.807) is 0 Å². The molecule has 14 heavy (non-hydrogen) atoms. The van der Waals surface area contributed by atoms with Crippen molar-refractivity contribution in [2.75, 3.05) is 19.8 Å². The first-order valence-corrected chi connectivity index (χ1v) is 5.78. The Balaban J connectivity index is 2.07. The van der Waals surface area contributed by atoms with Gasteiger partial charge in [0, 0.05) is 25.8 Å². The molecule has 3 nitrogen and oxygen atoms in total. The molecule has 0 aromatic carbocycles. The molecule has 1 N–H and O–H groups in total. The summed E-state index contributed by atoms with van der Waals surface area (Å²) < 4.78 is 10.9. The summed E-state index contributed by atoms with van der Waals surface area (Å²) in [7, 11) is 0. The topological polar surface area (TPSA) is 30.5 Å². The van der Waals surface area contributed by atoms with Crippen LogP contribution in [-0.2, 0) is 9.47 Å². The molecule has 0 heterocycles.